The van der Waals surface area contributed by atoms with Crippen LogP contribution in [-0.2, 0) is 4.79 Å². The predicted octanol–water partition coefficient (Wildman–Crippen LogP) is 0.429. The number of carbonyl (C=O) groups is 1. The van der Waals surface area contributed by atoms with Gasteiger partial charge in [-0.1, -0.05) is 13.8 Å². The Balaban J connectivity index is 3.05. The van der Waals surface area contributed by atoms with Crippen molar-refractivity contribution >= 4 is 5.91 Å². The van der Waals surface area contributed by atoms with Crippen LogP contribution in [-0.4, -0.2) is 23.6 Å². The molecule has 1 atom stereocenters. The van der Waals surface area contributed by atoms with Gasteiger partial charge in [-0.15, -0.1) is 0 Å². The molecule has 0 bridgehead atoms. The lowest BCUT2D eigenvalue weighted by atomic mass is 10.0. The number of carbonyl (C=O) groups excluding carboxylic acids is 1. The molecule has 0 aliphatic heterocycles. The van der Waals surface area contributed by atoms with Crippen LogP contribution < -0.4 is 16.6 Å². The molecular weight excluding hydrogens is 230 g/mol. The highest BCUT2D eigenvalue weighted by Gasteiger charge is 2.24. The number of hydrogen-bond donors (Lipinski definition) is 2. The molecule has 0 aliphatic carbocycles. The van der Waals surface area contributed by atoms with Gasteiger partial charge in [0.2, 0.25) is 5.91 Å². The molecule has 0 radical (unpaired) electrons. The highest BCUT2D eigenvalue weighted by atomic mass is 16.2. The molecule has 0 spiro atoms. The number of rotatable bonds is 5. The predicted molar refractivity (Wildman–Crippen MR) is 71.4 cm³/mol. The van der Waals surface area contributed by atoms with E-state index < -0.39 is 6.04 Å². The summed E-state index contributed by atoms with van der Waals surface area (Å²) in [5.41, 5.74) is 6.09. The summed E-state index contributed by atoms with van der Waals surface area (Å²) < 4.78 is 1.48. The lowest BCUT2D eigenvalue weighted by Gasteiger charge is -2.22. The third-order valence-corrected chi connectivity index (χ3v) is 2.75. The van der Waals surface area contributed by atoms with Gasteiger partial charge in [-0.2, -0.15) is 0 Å². The Kier molecular flexibility index (Phi) is 5.09. The van der Waals surface area contributed by atoms with Gasteiger partial charge in [-0.25, -0.2) is 0 Å². The van der Waals surface area contributed by atoms with E-state index in [1.54, 1.807) is 6.20 Å². The van der Waals surface area contributed by atoms with Gasteiger partial charge in [0.1, 0.15) is 6.04 Å². The fourth-order valence-electron chi connectivity index (χ4n) is 1.87. The minimum Gasteiger partial charge on any atom is -0.353 e. The van der Waals surface area contributed by atoms with Gasteiger partial charge in [-0.3, -0.25) is 9.59 Å². The maximum absolute atomic E-state index is 12.1. The van der Waals surface area contributed by atoms with Crippen LogP contribution in [0, 0.1) is 12.8 Å². The van der Waals surface area contributed by atoms with Crippen LogP contribution in [0.1, 0.15) is 25.5 Å². The van der Waals surface area contributed by atoms with E-state index in [1.165, 1.54) is 10.6 Å². The Morgan fingerprint density at radius 1 is 1.50 bits per heavy atom. The van der Waals surface area contributed by atoms with E-state index in [9.17, 15) is 9.59 Å². The Morgan fingerprint density at radius 2 is 2.17 bits per heavy atom. The third-order valence-electron chi connectivity index (χ3n) is 2.75. The summed E-state index contributed by atoms with van der Waals surface area (Å²) in [7, 11) is 0. The van der Waals surface area contributed by atoms with Crippen LogP contribution in [0.3, 0.4) is 0 Å². The standard InChI is InChI=1S/C13H21N3O2/c1-9(2)12(13(18)15-6-5-14)16-7-4-10(3)8-11(16)17/h4,7-9,12H,5-6,14H2,1-3H3,(H,15,18). The fourth-order valence-corrected chi connectivity index (χ4v) is 1.87. The molecule has 1 rings (SSSR count). The van der Waals surface area contributed by atoms with Crippen molar-refractivity contribution < 1.29 is 4.79 Å². The van der Waals surface area contributed by atoms with Crippen molar-refractivity contribution in [2.75, 3.05) is 13.1 Å². The summed E-state index contributed by atoms with van der Waals surface area (Å²) in [4.78, 5) is 24.0. The molecule has 1 amide bonds. The van der Waals surface area contributed by atoms with Crippen LogP contribution in [0.5, 0.6) is 0 Å². The molecular formula is C13H21N3O2. The van der Waals surface area contributed by atoms with Crippen molar-refractivity contribution in [3.8, 4) is 0 Å². The van der Waals surface area contributed by atoms with E-state index in [0.29, 0.717) is 13.1 Å². The van der Waals surface area contributed by atoms with Crippen molar-refractivity contribution in [1.82, 2.24) is 9.88 Å². The second kappa shape index (κ2) is 6.35. The lowest BCUT2D eigenvalue weighted by molar-refractivity contribution is -0.125. The molecule has 18 heavy (non-hydrogen) atoms. The largest absolute Gasteiger partial charge is 0.353 e. The lowest BCUT2D eigenvalue weighted by Crippen LogP contribution is -2.41. The summed E-state index contributed by atoms with van der Waals surface area (Å²) >= 11 is 0. The minimum absolute atomic E-state index is 0.0307. The average molecular weight is 251 g/mol. The number of nitrogens with one attached hydrogen (secondary N) is 1. The van der Waals surface area contributed by atoms with Crippen LogP contribution in [0.2, 0.25) is 0 Å². The van der Waals surface area contributed by atoms with Gasteiger partial charge < -0.3 is 15.6 Å². The topological polar surface area (TPSA) is 77.1 Å². The highest BCUT2D eigenvalue weighted by molar-refractivity contribution is 5.80. The summed E-state index contributed by atoms with van der Waals surface area (Å²) in [5, 5.41) is 2.73. The zero-order valence-electron chi connectivity index (χ0n) is 11.1. The first-order valence-corrected chi connectivity index (χ1v) is 6.14. The Labute approximate surface area is 107 Å². The summed E-state index contributed by atoms with van der Waals surface area (Å²) in [5.74, 6) is -0.135. The number of nitrogens with zero attached hydrogens (tertiary/aromatic N) is 1. The first-order chi connectivity index (χ1) is 8.47. The van der Waals surface area contributed by atoms with Gasteiger partial charge >= 0.3 is 0 Å². The summed E-state index contributed by atoms with van der Waals surface area (Å²) in [6, 6.07) is 2.86. The third kappa shape index (κ3) is 3.43. The number of amides is 1. The van der Waals surface area contributed by atoms with E-state index in [-0.39, 0.29) is 17.4 Å². The zero-order chi connectivity index (χ0) is 13.7. The van der Waals surface area contributed by atoms with Crippen molar-refractivity contribution in [3.63, 3.8) is 0 Å². The Hall–Kier alpha value is -1.62. The Morgan fingerprint density at radius 3 is 2.67 bits per heavy atom. The zero-order valence-corrected chi connectivity index (χ0v) is 11.1. The fraction of sp³-hybridized carbons (Fsp3) is 0.538. The molecule has 0 saturated carbocycles. The van der Waals surface area contributed by atoms with Gasteiger partial charge in [-0.05, 0) is 24.5 Å². The summed E-state index contributed by atoms with van der Waals surface area (Å²) in [6.07, 6.45) is 1.67. The molecule has 1 aromatic heterocycles. The van der Waals surface area contributed by atoms with Crippen LogP contribution >= 0.6 is 0 Å². The highest BCUT2D eigenvalue weighted by Crippen LogP contribution is 2.15. The first kappa shape index (κ1) is 14.4. The molecule has 5 nitrogen and oxygen atoms in total. The second-order valence-corrected chi connectivity index (χ2v) is 4.72. The Bertz CT molecular complexity index is 466. The molecule has 0 saturated heterocycles. The number of aryl methyl sites for hydroxylation is 1. The number of pyridine rings is 1. The van der Waals surface area contributed by atoms with Gasteiger partial charge in [0.05, 0.1) is 0 Å². The van der Waals surface area contributed by atoms with Crippen LogP contribution in [0.15, 0.2) is 23.1 Å². The monoisotopic (exact) mass is 251 g/mol. The van der Waals surface area contributed by atoms with Gasteiger partial charge in [0.25, 0.3) is 5.56 Å². The minimum atomic E-state index is -0.496. The van der Waals surface area contributed by atoms with Crippen molar-refractivity contribution in [2.45, 2.75) is 26.8 Å². The number of hydrogen-bond acceptors (Lipinski definition) is 3. The number of aromatic nitrogens is 1. The molecule has 5 heteroatoms. The molecule has 1 heterocycles. The summed E-state index contributed by atoms with van der Waals surface area (Å²) in [6.45, 7) is 6.49. The van der Waals surface area contributed by atoms with E-state index in [4.69, 9.17) is 5.73 Å². The smallest absolute Gasteiger partial charge is 0.251 e. The first-order valence-electron chi connectivity index (χ1n) is 6.14. The molecule has 100 valence electrons. The number of nitrogens with two attached hydrogens (primary N) is 1. The molecule has 3 N–H and O–H groups in total. The van der Waals surface area contributed by atoms with Gasteiger partial charge in [0, 0.05) is 25.4 Å². The van der Waals surface area contributed by atoms with Gasteiger partial charge in [0.15, 0.2) is 0 Å². The van der Waals surface area contributed by atoms with E-state index in [2.05, 4.69) is 5.32 Å². The van der Waals surface area contributed by atoms with Crippen molar-refractivity contribution in [3.05, 3.63) is 34.2 Å². The quantitative estimate of drug-likeness (QED) is 0.796. The average Bonchev–Trinajstić information content (AvgIpc) is 2.29. The van der Waals surface area contributed by atoms with Crippen molar-refractivity contribution in [2.24, 2.45) is 11.7 Å². The maximum Gasteiger partial charge on any atom is 0.251 e. The normalized spacial score (nSPS) is 12.5. The van der Waals surface area contributed by atoms with Crippen LogP contribution in [0.25, 0.3) is 0 Å². The molecule has 0 aromatic carbocycles. The molecule has 0 aliphatic rings. The second-order valence-electron chi connectivity index (χ2n) is 4.72. The van der Waals surface area contributed by atoms with E-state index in [1.807, 2.05) is 26.8 Å². The van der Waals surface area contributed by atoms with E-state index >= 15 is 0 Å². The maximum atomic E-state index is 12.1. The molecule has 1 aromatic rings. The van der Waals surface area contributed by atoms with Crippen molar-refractivity contribution in [1.29, 1.82) is 0 Å². The van der Waals surface area contributed by atoms with E-state index in [0.717, 1.165) is 5.56 Å². The molecule has 0 fully saturated rings. The molecule has 1 unspecified atom stereocenters. The SMILES string of the molecule is Cc1ccn(C(C(=O)NCCN)C(C)C)c(=O)c1. The van der Waals surface area contributed by atoms with Crippen LogP contribution in [0.4, 0.5) is 0 Å².